The van der Waals surface area contributed by atoms with E-state index in [1.54, 1.807) is 48.5 Å². The topological polar surface area (TPSA) is 87.1 Å². The van der Waals surface area contributed by atoms with Crippen LogP contribution in [0.15, 0.2) is 72.3 Å². The van der Waals surface area contributed by atoms with Crippen molar-refractivity contribution in [3.63, 3.8) is 0 Å². The predicted octanol–water partition coefficient (Wildman–Crippen LogP) is 4.99. The van der Waals surface area contributed by atoms with Crippen molar-refractivity contribution in [1.82, 2.24) is 0 Å². The van der Waals surface area contributed by atoms with Gasteiger partial charge in [0.1, 0.15) is 17.3 Å². The van der Waals surface area contributed by atoms with E-state index in [0.717, 1.165) is 5.56 Å². The van der Waals surface area contributed by atoms with Gasteiger partial charge in [0.25, 0.3) is 11.7 Å². The average molecular weight is 450 g/mol. The molecule has 0 saturated carbocycles. The number of halogens is 1. The molecule has 1 atom stereocenters. The van der Waals surface area contributed by atoms with Gasteiger partial charge in [-0.1, -0.05) is 47.5 Å². The molecule has 1 amide bonds. The number of hydrogen-bond acceptors (Lipinski definition) is 5. The van der Waals surface area contributed by atoms with Crippen LogP contribution < -0.4 is 9.64 Å². The normalized spacial score (nSPS) is 17.6. The number of carbonyl (C=O) groups is 2. The zero-order valence-electron chi connectivity index (χ0n) is 17.4. The molecule has 3 aromatic carbocycles. The van der Waals surface area contributed by atoms with Crippen molar-refractivity contribution < 1.29 is 24.5 Å². The summed E-state index contributed by atoms with van der Waals surface area (Å²) in [5.41, 5.74) is 2.00. The van der Waals surface area contributed by atoms with Crippen LogP contribution in [-0.2, 0) is 9.59 Å². The third-order valence-electron chi connectivity index (χ3n) is 5.38. The Balaban J connectivity index is 2.00. The summed E-state index contributed by atoms with van der Waals surface area (Å²) in [6.45, 7) is 1.84. The molecule has 162 valence electrons. The van der Waals surface area contributed by atoms with E-state index >= 15 is 0 Å². The number of nitrogens with zero attached hydrogens (tertiary/aromatic N) is 1. The minimum atomic E-state index is -0.958. The number of Topliss-reactive ketones (excluding diaryl/α,β-unsaturated/α-hetero) is 1. The number of anilines is 1. The van der Waals surface area contributed by atoms with Crippen LogP contribution in [0.3, 0.4) is 0 Å². The van der Waals surface area contributed by atoms with Gasteiger partial charge in [0.15, 0.2) is 0 Å². The number of aryl methyl sites for hydroxylation is 1. The monoisotopic (exact) mass is 449 g/mol. The molecule has 1 aliphatic rings. The summed E-state index contributed by atoms with van der Waals surface area (Å²) in [6, 6.07) is 17.4. The number of phenols is 1. The number of ether oxygens (including phenoxy) is 1. The molecule has 1 heterocycles. The summed E-state index contributed by atoms with van der Waals surface area (Å²) in [5, 5.41) is 21.2. The van der Waals surface area contributed by atoms with Crippen LogP contribution in [0.4, 0.5) is 5.69 Å². The van der Waals surface area contributed by atoms with Gasteiger partial charge in [0, 0.05) is 5.69 Å². The summed E-state index contributed by atoms with van der Waals surface area (Å²) in [7, 11) is 1.46. The molecule has 1 saturated heterocycles. The van der Waals surface area contributed by atoms with Crippen molar-refractivity contribution in [2.45, 2.75) is 13.0 Å². The molecule has 2 N–H and O–H groups in total. The van der Waals surface area contributed by atoms with Gasteiger partial charge >= 0.3 is 0 Å². The predicted molar refractivity (Wildman–Crippen MR) is 122 cm³/mol. The molecule has 0 aliphatic carbocycles. The number of rotatable bonds is 4. The van der Waals surface area contributed by atoms with E-state index in [9.17, 15) is 19.8 Å². The van der Waals surface area contributed by atoms with E-state index in [1.807, 2.05) is 13.0 Å². The number of aliphatic hydroxyl groups is 1. The number of ketones is 1. The first-order valence-corrected chi connectivity index (χ1v) is 10.2. The maximum absolute atomic E-state index is 13.2. The Bertz CT molecular complexity index is 1250. The molecule has 32 heavy (non-hydrogen) atoms. The highest BCUT2D eigenvalue weighted by atomic mass is 35.5. The second-order valence-electron chi connectivity index (χ2n) is 7.42. The van der Waals surface area contributed by atoms with Crippen LogP contribution >= 0.6 is 11.6 Å². The second kappa shape index (κ2) is 8.40. The quantitative estimate of drug-likeness (QED) is 0.333. The number of benzene rings is 3. The molecular weight excluding hydrogens is 430 g/mol. The van der Waals surface area contributed by atoms with Gasteiger partial charge in [-0.05, 0) is 48.9 Å². The van der Waals surface area contributed by atoms with E-state index in [-0.39, 0.29) is 22.1 Å². The van der Waals surface area contributed by atoms with Crippen molar-refractivity contribution in [1.29, 1.82) is 0 Å². The number of para-hydroxylation sites is 1. The lowest BCUT2D eigenvalue weighted by atomic mass is 9.94. The van der Waals surface area contributed by atoms with Gasteiger partial charge in [0.05, 0.1) is 29.3 Å². The smallest absolute Gasteiger partial charge is 0.300 e. The lowest BCUT2D eigenvalue weighted by molar-refractivity contribution is -0.132. The Morgan fingerprint density at radius 3 is 2.41 bits per heavy atom. The molecular formula is C25H20ClNO5. The number of amides is 1. The molecule has 1 aliphatic heterocycles. The number of hydrogen-bond donors (Lipinski definition) is 2. The van der Waals surface area contributed by atoms with Gasteiger partial charge in [0.2, 0.25) is 0 Å². The molecule has 0 spiro atoms. The largest absolute Gasteiger partial charge is 0.507 e. The van der Waals surface area contributed by atoms with Crippen LogP contribution in [0, 0.1) is 6.92 Å². The summed E-state index contributed by atoms with van der Waals surface area (Å²) in [5.74, 6) is -1.73. The highest BCUT2D eigenvalue weighted by molar-refractivity contribution is 6.51. The van der Waals surface area contributed by atoms with E-state index in [1.165, 1.54) is 24.1 Å². The number of aromatic hydroxyl groups is 1. The van der Waals surface area contributed by atoms with Crippen molar-refractivity contribution in [3.8, 4) is 11.5 Å². The minimum absolute atomic E-state index is 0.0642. The van der Waals surface area contributed by atoms with Gasteiger partial charge in [-0.3, -0.25) is 14.5 Å². The van der Waals surface area contributed by atoms with E-state index < -0.39 is 17.7 Å². The lowest BCUT2D eigenvalue weighted by Crippen LogP contribution is -2.29. The van der Waals surface area contributed by atoms with Crippen LogP contribution in [0.2, 0.25) is 5.02 Å². The number of methoxy groups -OCH3 is 1. The number of carbonyl (C=O) groups excluding carboxylic acids is 2. The highest BCUT2D eigenvalue weighted by Crippen LogP contribution is 2.44. The van der Waals surface area contributed by atoms with Crippen molar-refractivity contribution in [3.05, 3.63) is 94.0 Å². The van der Waals surface area contributed by atoms with Crippen LogP contribution in [0.25, 0.3) is 5.76 Å². The summed E-state index contributed by atoms with van der Waals surface area (Å²) in [6.07, 6.45) is 0. The minimum Gasteiger partial charge on any atom is -0.507 e. The van der Waals surface area contributed by atoms with E-state index in [2.05, 4.69) is 0 Å². The molecule has 1 unspecified atom stereocenters. The summed E-state index contributed by atoms with van der Waals surface area (Å²) >= 11 is 6.13. The van der Waals surface area contributed by atoms with Crippen molar-refractivity contribution >= 4 is 34.7 Å². The molecule has 4 rings (SSSR count). The van der Waals surface area contributed by atoms with Crippen molar-refractivity contribution in [2.24, 2.45) is 0 Å². The van der Waals surface area contributed by atoms with E-state index in [0.29, 0.717) is 22.6 Å². The summed E-state index contributed by atoms with van der Waals surface area (Å²) in [4.78, 5) is 27.6. The first-order valence-electron chi connectivity index (χ1n) is 9.83. The lowest BCUT2D eigenvalue weighted by Gasteiger charge is -2.25. The highest BCUT2D eigenvalue weighted by Gasteiger charge is 2.47. The van der Waals surface area contributed by atoms with Gasteiger partial charge < -0.3 is 14.9 Å². The number of phenolic OH excluding ortho intramolecular Hbond substituents is 1. The Kier molecular flexibility index (Phi) is 5.63. The maximum Gasteiger partial charge on any atom is 0.300 e. The molecule has 0 bridgehead atoms. The molecule has 6 nitrogen and oxygen atoms in total. The Morgan fingerprint density at radius 1 is 1.03 bits per heavy atom. The summed E-state index contributed by atoms with van der Waals surface area (Å²) < 4.78 is 5.37. The van der Waals surface area contributed by atoms with Gasteiger partial charge in [-0.2, -0.15) is 0 Å². The molecule has 0 radical (unpaired) electrons. The third-order valence-corrected chi connectivity index (χ3v) is 5.68. The van der Waals surface area contributed by atoms with E-state index in [4.69, 9.17) is 16.3 Å². The van der Waals surface area contributed by atoms with Crippen molar-refractivity contribution in [2.75, 3.05) is 12.0 Å². The molecule has 3 aromatic rings. The van der Waals surface area contributed by atoms with Crippen LogP contribution in [0.1, 0.15) is 22.7 Å². The molecule has 7 heteroatoms. The first-order chi connectivity index (χ1) is 15.3. The molecule has 0 aromatic heterocycles. The van der Waals surface area contributed by atoms with Crippen LogP contribution in [-0.4, -0.2) is 29.0 Å². The fourth-order valence-corrected chi connectivity index (χ4v) is 4.04. The number of aliphatic hydroxyl groups excluding tert-OH is 1. The Morgan fingerprint density at radius 2 is 1.75 bits per heavy atom. The maximum atomic E-state index is 13.2. The van der Waals surface area contributed by atoms with Gasteiger partial charge in [-0.25, -0.2) is 0 Å². The zero-order chi connectivity index (χ0) is 23.0. The Labute approximate surface area is 189 Å². The third kappa shape index (κ3) is 3.59. The fourth-order valence-electron chi connectivity index (χ4n) is 3.85. The van der Waals surface area contributed by atoms with Crippen LogP contribution in [0.5, 0.6) is 11.5 Å². The molecule has 1 fully saturated rings. The Hall–Kier alpha value is -3.77. The standard InChI is InChI=1S/C25H20ClNO5/c1-14-8-11-20(32-2)17(12-14)23(29)21-22(15-9-10-19(28)18(26)13-15)27(25(31)24(21)30)16-6-4-3-5-7-16/h3-13,22,28-29H,1-2H3/b23-21+. The zero-order valence-corrected chi connectivity index (χ0v) is 18.1. The SMILES string of the molecule is COc1ccc(C)cc1/C(O)=C1\C(=O)C(=O)N(c2ccccc2)C1c1ccc(O)c(Cl)c1. The average Bonchev–Trinajstić information content (AvgIpc) is 3.06. The van der Waals surface area contributed by atoms with Gasteiger partial charge in [-0.15, -0.1) is 0 Å². The fraction of sp³-hybridized carbons (Fsp3) is 0.120. The second-order valence-corrected chi connectivity index (χ2v) is 7.83. The first kappa shape index (κ1) is 21.5.